The average molecular weight is 299 g/mol. The molecule has 1 N–H and O–H groups in total. The maximum atomic E-state index is 11.9. The van der Waals surface area contributed by atoms with Gasteiger partial charge < -0.3 is 14.6 Å². The van der Waals surface area contributed by atoms with E-state index in [1.54, 1.807) is 25.1 Å². The van der Waals surface area contributed by atoms with Gasteiger partial charge in [0.1, 0.15) is 5.76 Å². The maximum Gasteiger partial charge on any atom is 0.338 e. The zero-order valence-corrected chi connectivity index (χ0v) is 12.0. The van der Waals surface area contributed by atoms with E-state index >= 15 is 0 Å². The quantitative estimate of drug-likeness (QED) is 0.866. The monoisotopic (exact) mass is 299 g/mol. The van der Waals surface area contributed by atoms with Crippen LogP contribution in [0.3, 0.4) is 0 Å². The molecule has 0 aliphatic rings. The highest BCUT2D eigenvalue weighted by atomic mass is 16.5. The molecule has 22 heavy (non-hydrogen) atoms. The van der Waals surface area contributed by atoms with E-state index in [4.69, 9.17) is 14.5 Å². The van der Waals surface area contributed by atoms with Gasteiger partial charge in [0.25, 0.3) is 5.91 Å². The Bertz CT molecular complexity index is 745. The lowest BCUT2D eigenvalue weighted by Gasteiger charge is -2.12. The predicted octanol–water partition coefficient (Wildman–Crippen LogP) is 2.04. The van der Waals surface area contributed by atoms with E-state index in [2.05, 4.69) is 10.5 Å². The molecule has 0 fully saturated rings. The van der Waals surface area contributed by atoms with Gasteiger partial charge in [-0.1, -0.05) is 11.2 Å². The summed E-state index contributed by atoms with van der Waals surface area (Å²) < 4.78 is 9.88. The Morgan fingerprint density at radius 3 is 2.82 bits per heavy atom. The van der Waals surface area contributed by atoms with Crippen LogP contribution in [0.1, 0.15) is 28.6 Å². The molecular weight excluding hydrogens is 286 g/mol. The Balaban J connectivity index is 1.98. The molecule has 7 nitrogen and oxygen atoms in total. The van der Waals surface area contributed by atoms with Crippen LogP contribution in [0.4, 0.5) is 5.82 Å². The van der Waals surface area contributed by atoms with Gasteiger partial charge in [-0.05, 0) is 32.0 Å². The molecule has 0 saturated heterocycles. The topological polar surface area (TPSA) is 105 Å². The number of hydrogen-bond acceptors (Lipinski definition) is 6. The molecule has 1 heterocycles. The fraction of sp³-hybridized carbons (Fsp3) is 0.200. The van der Waals surface area contributed by atoms with Gasteiger partial charge in [-0.3, -0.25) is 4.79 Å². The molecule has 0 spiro atoms. The van der Waals surface area contributed by atoms with E-state index < -0.39 is 18.0 Å². The molecule has 0 bridgehead atoms. The van der Waals surface area contributed by atoms with Crippen molar-refractivity contribution in [1.82, 2.24) is 5.16 Å². The zero-order valence-electron chi connectivity index (χ0n) is 12.0. The Hall–Kier alpha value is -3.14. The second-order valence-electron chi connectivity index (χ2n) is 4.55. The fourth-order valence-corrected chi connectivity index (χ4v) is 1.65. The van der Waals surface area contributed by atoms with E-state index in [9.17, 15) is 9.59 Å². The first-order chi connectivity index (χ1) is 10.5. The van der Waals surface area contributed by atoms with Gasteiger partial charge in [0.05, 0.1) is 17.2 Å². The number of anilines is 1. The number of carbonyl (C=O) groups is 2. The number of ether oxygens (including phenoxy) is 1. The van der Waals surface area contributed by atoms with Gasteiger partial charge >= 0.3 is 5.97 Å². The third-order valence-electron chi connectivity index (χ3n) is 2.76. The Morgan fingerprint density at radius 1 is 1.41 bits per heavy atom. The molecule has 1 unspecified atom stereocenters. The minimum Gasteiger partial charge on any atom is -0.449 e. The fourth-order valence-electron chi connectivity index (χ4n) is 1.65. The van der Waals surface area contributed by atoms with Crippen molar-refractivity contribution < 1.29 is 18.8 Å². The van der Waals surface area contributed by atoms with Crippen molar-refractivity contribution in [3.8, 4) is 6.07 Å². The van der Waals surface area contributed by atoms with Crippen molar-refractivity contribution in [2.24, 2.45) is 0 Å². The maximum absolute atomic E-state index is 11.9. The molecule has 0 aliphatic heterocycles. The Labute approximate surface area is 126 Å². The van der Waals surface area contributed by atoms with Gasteiger partial charge in [0.2, 0.25) is 0 Å². The zero-order chi connectivity index (χ0) is 16.1. The summed E-state index contributed by atoms with van der Waals surface area (Å²) in [6.07, 6.45) is -1.02. The first-order valence-electron chi connectivity index (χ1n) is 6.45. The van der Waals surface area contributed by atoms with E-state index in [0.29, 0.717) is 11.3 Å². The highest BCUT2D eigenvalue weighted by molar-refractivity contribution is 5.96. The second-order valence-corrected chi connectivity index (χ2v) is 4.55. The predicted molar refractivity (Wildman–Crippen MR) is 75.9 cm³/mol. The lowest BCUT2D eigenvalue weighted by molar-refractivity contribution is -0.123. The molecule has 0 aliphatic carbocycles. The number of nitrogens with zero attached hydrogens (tertiary/aromatic N) is 2. The molecule has 0 radical (unpaired) electrons. The van der Waals surface area contributed by atoms with Crippen LogP contribution in [-0.2, 0) is 9.53 Å². The normalized spacial score (nSPS) is 11.3. The number of esters is 1. The number of rotatable bonds is 4. The number of hydrogen-bond donors (Lipinski definition) is 1. The number of carbonyl (C=O) groups excluding carboxylic acids is 2. The van der Waals surface area contributed by atoms with Crippen molar-refractivity contribution in [1.29, 1.82) is 5.26 Å². The highest BCUT2D eigenvalue weighted by Crippen LogP contribution is 2.10. The van der Waals surface area contributed by atoms with Gasteiger partial charge in [-0.15, -0.1) is 0 Å². The molecule has 1 atom stereocenters. The van der Waals surface area contributed by atoms with Crippen molar-refractivity contribution in [3.05, 3.63) is 47.2 Å². The molecule has 1 aromatic carbocycles. The van der Waals surface area contributed by atoms with Crippen LogP contribution in [0.5, 0.6) is 0 Å². The number of nitrogens with one attached hydrogen (secondary N) is 1. The van der Waals surface area contributed by atoms with Crippen molar-refractivity contribution >= 4 is 17.7 Å². The van der Waals surface area contributed by atoms with Gasteiger partial charge in [0, 0.05) is 6.07 Å². The third kappa shape index (κ3) is 3.70. The summed E-state index contributed by atoms with van der Waals surface area (Å²) in [5, 5.41) is 14.9. The van der Waals surface area contributed by atoms with Crippen LogP contribution in [-0.4, -0.2) is 23.1 Å². The smallest absolute Gasteiger partial charge is 0.338 e. The largest absolute Gasteiger partial charge is 0.449 e. The Morgan fingerprint density at radius 2 is 2.18 bits per heavy atom. The molecule has 2 rings (SSSR count). The molecule has 112 valence electrons. The van der Waals surface area contributed by atoms with Crippen LogP contribution in [0.15, 0.2) is 34.9 Å². The number of aryl methyl sites for hydroxylation is 1. The van der Waals surface area contributed by atoms with Crippen LogP contribution in [0.2, 0.25) is 0 Å². The number of aromatic nitrogens is 1. The van der Waals surface area contributed by atoms with E-state index in [1.165, 1.54) is 19.1 Å². The SMILES string of the molecule is Cc1cc(NC(=O)C(C)OC(=O)c2cccc(C#N)c2)no1. The third-order valence-corrected chi connectivity index (χ3v) is 2.76. The standard InChI is InChI=1S/C15H13N3O4/c1-9-6-13(18-22-9)17-14(19)10(2)21-15(20)12-5-3-4-11(7-12)8-16/h3-7,10H,1-2H3,(H,17,18,19). The molecular formula is C15H13N3O4. The van der Waals surface area contributed by atoms with E-state index in [-0.39, 0.29) is 11.4 Å². The highest BCUT2D eigenvalue weighted by Gasteiger charge is 2.20. The van der Waals surface area contributed by atoms with Gasteiger partial charge in [-0.2, -0.15) is 5.26 Å². The summed E-state index contributed by atoms with van der Waals surface area (Å²) in [6, 6.07) is 9.51. The summed E-state index contributed by atoms with van der Waals surface area (Å²) in [5.74, 6) is -0.417. The lowest BCUT2D eigenvalue weighted by atomic mass is 10.1. The van der Waals surface area contributed by atoms with Crippen molar-refractivity contribution in [2.75, 3.05) is 5.32 Å². The molecule has 7 heteroatoms. The summed E-state index contributed by atoms with van der Waals surface area (Å²) in [6.45, 7) is 3.13. The van der Waals surface area contributed by atoms with Crippen molar-refractivity contribution in [2.45, 2.75) is 20.0 Å². The molecule has 1 aromatic heterocycles. The minimum atomic E-state index is -1.02. The first kappa shape index (κ1) is 15.3. The molecule has 2 aromatic rings. The Kier molecular flexibility index (Phi) is 4.53. The second kappa shape index (κ2) is 6.54. The summed E-state index contributed by atoms with van der Waals surface area (Å²) in [4.78, 5) is 23.8. The molecule has 1 amide bonds. The van der Waals surface area contributed by atoms with E-state index in [0.717, 1.165) is 0 Å². The number of nitriles is 1. The number of amides is 1. The van der Waals surface area contributed by atoms with Gasteiger partial charge in [-0.25, -0.2) is 4.79 Å². The van der Waals surface area contributed by atoms with Gasteiger partial charge in [0.15, 0.2) is 11.9 Å². The lowest BCUT2D eigenvalue weighted by Crippen LogP contribution is -2.30. The summed E-state index contributed by atoms with van der Waals surface area (Å²) in [5.41, 5.74) is 0.542. The molecule has 0 saturated carbocycles. The van der Waals surface area contributed by atoms with E-state index in [1.807, 2.05) is 6.07 Å². The average Bonchev–Trinajstić information content (AvgIpc) is 2.92. The summed E-state index contributed by atoms with van der Waals surface area (Å²) in [7, 11) is 0. The first-order valence-corrected chi connectivity index (χ1v) is 6.45. The minimum absolute atomic E-state index is 0.205. The van der Waals surface area contributed by atoms with Crippen LogP contribution < -0.4 is 5.32 Å². The number of benzene rings is 1. The van der Waals surface area contributed by atoms with Crippen molar-refractivity contribution in [3.63, 3.8) is 0 Å². The van der Waals surface area contributed by atoms with Crippen LogP contribution in [0.25, 0.3) is 0 Å². The van der Waals surface area contributed by atoms with Crippen LogP contribution in [0, 0.1) is 18.3 Å². The van der Waals surface area contributed by atoms with Crippen LogP contribution >= 0.6 is 0 Å². The summed E-state index contributed by atoms with van der Waals surface area (Å²) >= 11 is 0.